The molecule has 0 bridgehead atoms. The van der Waals surface area contributed by atoms with Crippen LogP contribution in [0.4, 0.5) is 0 Å². The predicted octanol–water partition coefficient (Wildman–Crippen LogP) is 2.06. The highest BCUT2D eigenvalue weighted by Crippen LogP contribution is 2.21. The molecule has 2 heterocycles. The summed E-state index contributed by atoms with van der Waals surface area (Å²) in [6.45, 7) is 1.78. The summed E-state index contributed by atoms with van der Waals surface area (Å²) >= 11 is 5.69. The molecule has 0 aliphatic rings. The van der Waals surface area contributed by atoms with Crippen molar-refractivity contribution in [1.82, 2.24) is 10.1 Å². The Labute approximate surface area is 78.7 Å². The first-order valence-electron chi connectivity index (χ1n) is 3.55. The number of hydrogen-bond acceptors (Lipinski definition) is 4. The zero-order chi connectivity index (χ0) is 9.42. The van der Waals surface area contributed by atoms with Gasteiger partial charge in [0, 0.05) is 0 Å². The molecule has 0 N–H and O–H groups in total. The second-order valence-corrected chi connectivity index (χ2v) is 2.92. The van der Waals surface area contributed by atoms with Crippen molar-refractivity contribution in [3.63, 3.8) is 0 Å². The standard InChI is InChI=1S/C8H4ClN3O/c1-4-6-2-5(3-10)7(9)11-8(6)13-12-4/h2H,1H3. The number of pyridine rings is 1. The lowest BCUT2D eigenvalue weighted by Gasteiger charge is -1.91. The largest absolute Gasteiger partial charge is 0.335 e. The van der Waals surface area contributed by atoms with Crippen molar-refractivity contribution >= 4 is 22.7 Å². The Morgan fingerprint density at radius 3 is 3.08 bits per heavy atom. The molecule has 0 saturated heterocycles. The lowest BCUT2D eigenvalue weighted by molar-refractivity contribution is 0.443. The molecule has 4 nitrogen and oxygen atoms in total. The monoisotopic (exact) mass is 193 g/mol. The van der Waals surface area contributed by atoms with Crippen molar-refractivity contribution < 1.29 is 4.52 Å². The molecule has 0 spiro atoms. The summed E-state index contributed by atoms with van der Waals surface area (Å²) in [5, 5.41) is 13.3. The van der Waals surface area contributed by atoms with E-state index in [4.69, 9.17) is 21.4 Å². The Hall–Kier alpha value is -1.60. The molecule has 0 atom stereocenters. The van der Waals surface area contributed by atoms with Gasteiger partial charge in [0.25, 0.3) is 5.71 Å². The molecule has 2 aromatic heterocycles. The van der Waals surface area contributed by atoms with E-state index >= 15 is 0 Å². The molecule has 0 radical (unpaired) electrons. The number of aromatic nitrogens is 2. The molecule has 13 heavy (non-hydrogen) atoms. The van der Waals surface area contributed by atoms with Crippen LogP contribution in [0.3, 0.4) is 0 Å². The highest BCUT2D eigenvalue weighted by molar-refractivity contribution is 6.30. The third-order valence-electron chi connectivity index (χ3n) is 1.72. The van der Waals surface area contributed by atoms with Gasteiger partial charge in [0.2, 0.25) is 0 Å². The van der Waals surface area contributed by atoms with E-state index < -0.39 is 0 Å². The highest BCUT2D eigenvalue weighted by atomic mass is 35.5. The van der Waals surface area contributed by atoms with Crippen LogP contribution in [0.2, 0.25) is 5.15 Å². The third-order valence-corrected chi connectivity index (χ3v) is 2.01. The highest BCUT2D eigenvalue weighted by Gasteiger charge is 2.09. The molecule has 0 aliphatic carbocycles. The fraction of sp³-hybridized carbons (Fsp3) is 0.125. The van der Waals surface area contributed by atoms with E-state index in [1.54, 1.807) is 13.0 Å². The number of nitriles is 1. The quantitative estimate of drug-likeness (QED) is 0.601. The van der Waals surface area contributed by atoms with Crippen molar-refractivity contribution in [2.75, 3.05) is 0 Å². The number of rotatable bonds is 0. The van der Waals surface area contributed by atoms with Crippen molar-refractivity contribution in [2.24, 2.45) is 0 Å². The Balaban J connectivity index is 2.86. The molecular weight excluding hydrogens is 190 g/mol. The number of nitrogens with zero attached hydrogens (tertiary/aromatic N) is 3. The Morgan fingerprint density at radius 2 is 2.38 bits per heavy atom. The van der Waals surface area contributed by atoms with E-state index in [9.17, 15) is 0 Å². The average molecular weight is 194 g/mol. The summed E-state index contributed by atoms with van der Waals surface area (Å²) in [6, 6.07) is 3.56. The fourth-order valence-corrected chi connectivity index (χ4v) is 1.22. The molecule has 0 unspecified atom stereocenters. The first-order valence-corrected chi connectivity index (χ1v) is 3.93. The second kappa shape index (κ2) is 2.71. The number of hydrogen-bond donors (Lipinski definition) is 0. The van der Waals surface area contributed by atoms with Crippen LogP contribution in [0.1, 0.15) is 11.3 Å². The zero-order valence-corrected chi connectivity index (χ0v) is 7.46. The van der Waals surface area contributed by atoms with E-state index in [1.165, 1.54) is 0 Å². The van der Waals surface area contributed by atoms with E-state index in [2.05, 4.69) is 10.1 Å². The molecule has 0 amide bonds. The molecule has 2 rings (SSSR count). The Morgan fingerprint density at radius 1 is 1.62 bits per heavy atom. The molecule has 64 valence electrons. The zero-order valence-electron chi connectivity index (χ0n) is 6.71. The Kier molecular flexibility index (Phi) is 1.67. The maximum atomic E-state index is 8.68. The summed E-state index contributed by atoms with van der Waals surface area (Å²) in [7, 11) is 0. The van der Waals surface area contributed by atoms with Gasteiger partial charge in [-0.3, -0.25) is 0 Å². The lowest BCUT2D eigenvalue weighted by atomic mass is 10.2. The van der Waals surface area contributed by atoms with Crippen molar-refractivity contribution in [3.8, 4) is 6.07 Å². The maximum Gasteiger partial charge on any atom is 0.259 e. The van der Waals surface area contributed by atoms with E-state index in [0.717, 1.165) is 5.39 Å². The van der Waals surface area contributed by atoms with Crippen LogP contribution >= 0.6 is 11.6 Å². The lowest BCUT2D eigenvalue weighted by Crippen LogP contribution is -1.82. The molecule has 0 saturated carbocycles. The summed E-state index contributed by atoms with van der Waals surface area (Å²) in [4.78, 5) is 3.88. The number of aryl methyl sites for hydroxylation is 1. The van der Waals surface area contributed by atoms with E-state index in [1.807, 2.05) is 6.07 Å². The van der Waals surface area contributed by atoms with Gasteiger partial charge in [-0.2, -0.15) is 10.2 Å². The molecule has 0 fully saturated rings. The smallest absolute Gasteiger partial charge is 0.259 e. The second-order valence-electron chi connectivity index (χ2n) is 2.56. The number of halogens is 1. The van der Waals surface area contributed by atoms with Crippen molar-refractivity contribution in [2.45, 2.75) is 6.92 Å². The summed E-state index contributed by atoms with van der Waals surface area (Å²) in [6.07, 6.45) is 0. The van der Waals surface area contributed by atoms with Crippen LogP contribution in [-0.2, 0) is 0 Å². The van der Waals surface area contributed by atoms with Crippen molar-refractivity contribution in [3.05, 3.63) is 22.5 Å². The SMILES string of the molecule is Cc1noc2nc(Cl)c(C#N)cc12. The van der Waals surface area contributed by atoms with Crippen molar-refractivity contribution in [1.29, 1.82) is 5.26 Å². The Bertz CT molecular complexity index is 512. The van der Waals surface area contributed by atoms with E-state index in [-0.39, 0.29) is 5.15 Å². The molecule has 0 aliphatic heterocycles. The van der Waals surface area contributed by atoms with Crippen LogP contribution < -0.4 is 0 Å². The number of fused-ring (bicyclic) bond motifs is 1. The van der Waals surface area contributed by atoms with Gasteiger partial charge in [0.1, 0.15) is 6.07 Å². The maximum absolute atomic E-state index is 8.68. The van der Waals surface area contributed by atoms with Gasteiger partial charge in [0.15, 0.2) is 5.15 Å². The van der Waals surface area contributed by atoms with Crippen LogP contribution in [-0.4, -0.2) is 10.1 Å². The normalized spacial score (nSPS) is 10.2. The van der Waals surface area contributed by atoms with Crippen LogP contribution in [0.25, 0.3) is 11.1 Å². The molecular formula is C8H4ClN3O. The van der Waals surface area contributed by atoms with Gasteiger partial charge < -0.3 is 4.52 Å². The molecule has 2 aromatic rings. The summed E-state index contributed by atoms with van der Waals surface area (Å²) in [5.74, 6) is 0. The van der Waals surface area contributed by atoms with Crippen LogP contribution in [0, 0.1) is 18.3 Å². The van der Waals surface area contributed by atoms with Crippen LogP contribution in [0.15, 0.2) is 10.6 Å². The van der Waals surface area contributed by atoms with Crippen LogP contribution in [0.5, 0.6) is 0 Å². The van der Waals surface area contributed by atoms with Gasteiger partial charge in [-0.05, 0) is 13.0 Å². The molecule has 5 heteroatoms. The fourth-order valence-electron chi connectivity index (χ4n) is 1.04. The van der Waals surface area contributed by atoms with Gasteiger partial charge in [-0.1, -0.05) is 16.8 Å². The van der Waals surface area contributed by atoms with E-state index in [0.29, 0.717) is 17.0 Å². The summed E-state index contributed by atoms with van der Waals surface area (Å²) in [5.41, 5.74) is 1.40. The third kappa shape index (κ3) is 1.14. The topological polar surface area (TPSA) is 62.7 Å². The predicted molar refractivity (Wildman–Crippen MR) is 46.3 cm³/mol. The summed E-state index contributed by atoms with van der Waals surface area (Å²) < 4.78 is 4.87. The average Bonchev–Trinajstić information content (AvgIpc) is 2.46. The first-order chi connectivity index (χ1) is 6.22. The minimum atomic E-state index is 0.145. The van der Waals surface area contributed by atoms with Gasteiger partial charge >= 0.3 is 0 Å². The van der Waals surface area contributed by atoms with Gasteiger partial charge in [-0.25, -0.2) is 0 Å². The molecule has 0 aromatic carbocycles. The first kappa shape index (κ1) is 8.02. The minimum Gasteiger partial charge on any atom is -0.335 e. The van der Waals surface area contributed by atoms with Gasteiger partial charge in [-0.15, -0.1) is 0 Å². The minimum absolute atomic E-state index is 0.145. The van der Waals surface area contributed by atoms with Gasteiger partial charge in [0.05, 0.1) is 16.6 Å².